The van der Waals surface area contributed by atoms with Gasteiger partial charge in [0.15, 0.2) is 6.61 Å². The first-order chi connectivity index (χ1) is 13.0. The maximum atomic E-state index is 11.9. The van der Waals surface area contributed by atoms with E-state index in [4.69, 9.17) is 32.5 Å². The van der Waals surface area contributed by atoms with Crippen LogP contribution in [0.4, 0.5) is 0 Å². The van der Waals surface area contributed by atoms with Gasteiger partial charge in [-0.2, -0.15) is 4.98 Å². The highest BCUT2D eigenvalue weighted by molar-refractivity contribution is 6.31. The summed E-state index contributed by atoms with van der Waals surface area (Å²) in [6.07, 6.45) is 0. The minimum atomic E-state index is -0.639. The third-order valence-corrected chi connectivity index (χ3v) is 3.89. The number of halogens is 2. The van der Waals surface area contributed by atoms with E-state index in [0.29, 0.717) is 27.0 Å². The number of carbonyl (C=O) groups excluding carboxylic acids is 2. The number of carbonyl (C=O) groups is 2. The highest BCUT2D eigenvalue weighted by Gasteiger charge is 2.13. The van der Waals surface area contributed by atoms with Crippen LogP contribution in [-0.4, -0.2) is 28.6 Å². The lowest BCUT2D eigenvalue weighted by Crippen LogP contribution is -2.30. The van der Waals surface area contributed by atoms with E-state index >= 15 is 0 Å². The molecule has 0 radical (unpaired) electrons. The Balaban J connectivity index is 1.48. The molecule has 2 aromatic carbocycles. The van der Waals surface area contributed by atoms with Crippen molar-refractivity contribution in [3.63, 3.8) is 0 Å². The zero-order valence-corrected chi connectivity index (χ0v) is 15.3. The van der Waals surface area contributed by atoms with Crippen LogP contribution in [-0.2, 0) is 16.1 Å². The molecule has 1 amide bonds. The Morgan fingerprint density at radius 1 is 1.07 bits per heavy atom. The largest absolute Gasteiger partial charge is 0.454 e. The number of nitrogens with zero attached hydrogens (tertiary/aromatic N) is 2. The smallest absolute Gasteiger partial charge is 0.325 e. The summed E-state index contributed by atoms with van der Waals surface area (Å²) in [6, 6.07) is 13.2. The van der Waals surface area contributed by atoms with Crippen molar-refractivity contribution in [3.05, 3.63) is 70.0 Å². The summed E-state index contributed by atoms with van der Waals surface area (Å²) in [7, 11) is 0. The second-order valence-electron chi connectivity index (χ2n) is 5.37. The topological polar surface area (TPSA) is 94.3 Å². The van der Waals surface area contributed by atoms with Gasteiger partial charge in [-0.25, -0.2) is 0 Å². The van der Waals surface area contributed by atoms with Crippen LogP contribution in [0.2, 0.25) is 10.0 Å². The van der Waals surface area contributed by atoms with Crippen LogP contribution in [0.3, 0.4) is 0 Å². The summed E-state index contributed by atoms with van der Waals surface area (Å²) in [6.45, 7) is -0.500. The molecule has 0 spiro atoms. The van der Waals surface area contributed by atoms with E-state index in [9.17, 15) is 9.59 Å². The van der Waals surface area contributed by atoms with Crippen molar-refractivity contribution in [2.45, 2.75) is 6.61 Å². The van der Waals surface area contributed by atoms with Gasteiger partial charge < -0.3 is 14.6 Å². The molecule has 3 rings (SSSR count). The molecule has 9 heteroatoms. The first-order valence-corrected chi connectivity index (χ1v) is 8.55. The zero-order valence-electron chi connectivity index (χ0n) is 13.8. The molecule has 0 aliphatic rings. The number of amides is 1. The van der Waals surface area contributed by atoms with E-state index < -0.39 is 11.9 Å². The SMILES string of the molecule is O=C(CNC(=O)c1ccc(Cl)cc1)OCc1nc(-c2cccc(Cl)c2)no1. The van der Waals surface area contributed by atoms with Gasteiger partial charge in [-0.05, 0) is 36.4 Å². The molecule has 0 aliphatic carbocycles. The number of rotatable bonds is 6. The van der Waals surface area contributed by atoms with Crippen molar-refractivity contribution < 1.29 is 18.8 Å². The third-order valence-electron chi connectivity index (χ3n) is 3.41. The number of benzene rings is 2. The fourth-order valence-electron chi connectivity index (χ4n) is 2.11. The fourth-order valence-corrected chi connectivity index (χ4v) is 2.42. The van der Waals surface area contributed by atoms with Crippen molar-refractivity contribution in [2.24, 2.45) is 0 Å². The van der Waals surface area contributed by atoms with E-state index in [0.717, 1.165) is 0 Å². The Kier molecular flexibility index (Phi) is 6.05. The second kappa shape index (κ2) is 8.66. The van der Waals surface area contributed by atoms with E-state index in [1.54, 1.807) is 48.5 Å². The average Bonchev–Trinajstić information content (AvgIpc) is 3.14. The van der Waals surface area contributed by atoms with Gasteiger partial charge in [-0.15, -0.1) is 0 Å². The van der Waals surface area contributed by atoms with Gasteiger partial charge in [0.25, 0.3) is 11.8 Å². The van der Waals surface area contributed by atoms with Crippen LogP contribution in [0.25, 0.3) is 11.4 Å². The molecular formula is C18H13Cl2N3O4. The molecule has 7 nitrogen and oxygen atoms in total. The van der Waals surface area contributed by atoms with E-state index in [-0.39, 0.29) is 19.0 Å². The number of esters is 1. The molecule has 138 valence electrons. The molecule has 0 unspecified atom stereocenters. The highest BCUT2D eigenvalue weighted by Crippen LogP contribution is 2.20. The Morgan fingerprint density at radius 3 is 2.59 bits per heavy atom. The fraction of sp³-hybridized carbons (Fsp3) is 0.111. The maximum Gasteiger partial charge on any atom is 0.325 e. The lowest BCUT2D eigenvalue weighted by molar-refractivity contribution is -0.144. The van der Waals surface area contributed by atoms with Gasteiger partial charge in [0.2, 0.25) is 5.82 Å². The van der Waals surface area contributed by atoms with Crippen LogP contribution in [0, 0.1) is 0 Å². The van der Waals surface area contributed by atoms with Gasteiger partial charge in [0, 0.05) is 21.2 Å². The summed E-state index contributed by atoms with van der Waals surface area (Å²) < 4.78 is 10.0. The lowest BCUT2D eigenvalue weighted by atomic mass is 10.2. The number of hydrogen-bond acceptors (Lipinski definition) is 6. The van der Waals surface area contributed by atoms with Gasteiger partial charge in [-0.3, -0.25) is 9.59 Å². The molecular weight excluding hydrogens is 393 g/mol. The minimum Gasteiger partial charge on any atom is -0.454 e. The normalized spacial score (nSPS) is 10.4. The first kappa shape index (κ1) is 18.9. The van der Waals surface area contributed by atoms with Crippen molar-refractivity contribution in [3.8, 4) is 11.4 Å². The Morgan fingerprint density at radius 2 is 1.85 bits per heavy atom. The Bertz CT molecular complexity index is 957. The summed E-state index contributed by atoms with van der Waals surface area (Å²) >= 11 is 11.7. The van der Waals surface area contributed by atoms with Crippen molar-refractivity contribution >= 4 is 35.1 Å². The monoisotopic (exact) mass is 405 g/mol. The quantitative estimate of drug-likeness (QED) is 0.630. The van der Waals surface area contributed by atoms with E-state index in [2.05, 4.69) is 15.5 Å². The van der Waals surface area contributed by atoms with Gasteiger partial charge in [0.05, 0.1) is 0 Å². The average molecular weight is 406 g/mol. The summed E-state index contributed by atoms with van der Waals surface area (Å²) in [5.74, 6) is -0.591. The van der Waals surface area contributed by atoms with Crippen LogP contribution in [0.15, 0.2) is 53.1 Å². The van der Waals surface area contributed by atoms with Crippen LogP contribution in [0.1, 0.15) is 16.2 Å². The molecule has 0 atom stereocenters. The molecule has 1 N–H and O–H groups in total. The molecule has 0 saturated heterocycles. The number of ether oxygens (including phenoxy) is 1. The Hall–Kier alpha value is -2.90. The molecule has 0 bridgehead atoms. The lowest BCUT2D eigenvalue weighted by Gasteiger charge is -2.05. The molecule has 1 heterocycles. The van der Waals surface area contributed by atoms with Gasteiger partial charge in [0.1, 0.15) is 6.54 Å². The maximum absolute atomic E-state index is 11.9. The van der Waals surface area contributed by atoms with Crippen molar-refractivity contribution in [2.75, 3.05) is 6.54 Å². The zero-order chi connectivity index (χ0) is 19.2. The number of nitrogens with one attached hydrogen (secondary N) is 1. The molecule has 1 aromatic heterocycles. The molecule has 0 saturated carbocycles. The summed E-state index contributed by atoms with van der Waals surface area (Å²) in [5.41, 5.74) is 1.06. The third kappa shape index (κ3) is 5.29. The number of hydrogen-bond donors (Lipinski definition) is 1. The first-order valence-electron chi connectivity index (χ1n) is 7.79. The minimum absolute atomic E-state index is 0.127. The van der Waals surface area contributed by atoms with Crippen LogP contribution < -0.4 is 5.32 Å². The molecule has 27 heavy (non-hydrogen) atoms. The summed E-state index contributed by atoms with van der Waals surface area (Å²) in [5, 5.41) is 7.32. The molecule has 0 aliphatic heterocycles. The van der Waals surface area contributed by atoms with E-state index in [1.807, 2.05) is 0 Å². The Labute approximate surface area is 164 Å². The predicted octanol–water partition coefficient (Wildman–Crippen LogP) is 3.52. The van der Waals surface area contributed by atoms with Crippen molar-refractivity contribution in [1.82, 2.24) is 15.5 Å². The van der Waals surface area contributed by atoms with E-state index in [1.165, 1.54) is 0 Å². The van der Waals surface area contributed by atoms with Crippen molar-refractivity contribution in [1.29, 1.82) is 0 Å². The van der Waals surface area contributed by atoms with Crippen LogP contribution in [0.5, 0.6) is 0 Å². The van der Waals surface area contributed by atoms with Gasteiger partial charge in [-0.1, -0.05) is 40.5 Å². The molecule has 0 fully saturated rings. The number of aromatic nitrogens is 2. The standard InChI is InChI=1S/C18H13Cl2N3O4/c19-13-6-4-11(5-7-13)18(25)21-9-16(24)26-10-15-22-17(23-27-15)12-2-1-3-14(20)8-12/h1-8H,9-10H2,(H,21,25). The predicted molar refractivity (Wildman–Crippen MR) is 98.3 cm³/mol. The second-order valence-corrected chi connectivity index (χ2v) is 6.25. The molecule has 3 aromatic rings. The van der Waals surface area contributed by atoms with Gasteiger partial charge >= 0.3 is 5.97 Å². The highest BCUT2D eigenvalue weighted by atomic mass is 35.5. The summed E-state index contributed by atoms with van der Waals surface area (Å²) in [4.78, 5) is 27.8. The van der Waals surface area contributed by atoms with Crippen LogP contribution >= 0.6 is 23.2 Å².